The number of piperidine rings is 1. The van der Waals surface area contributed by atoms with E-state index >= 15 is 0 Å². The Morgan fingerprint density at radius 1 is 1.19 bits per heavy atom. The highest BCUT2D eigenvalue weighted by atomic mass is 19.1. The number of carbonyl (C=O) groups excluding carboxylic acids is 1. The Bertz CT molecular complexity index is 1140. The molecule has 0 bridgehead atoms. The third-order valence-corrected chi connectivity index (χ3v) is 5.23. The van der Waals surface area contributed by atoms with E-state index in [9.17, 15) is 23.7 Å². The molecule has 4 rings (SSSR count). The van der Waals surface area contributed by atoms with Crippen LogP contribution in [0.1, 0.15) is 34.8 Å². The van der Waals surface area contributed by atoms with E-state index in [1.807, 2.05) is 0 Å². The molecule has 8 nitrogen and oxygen atoms in total. The van der Waals surface area contributed by atoms with E-state index in [1.54, 1.807) is 16.8 Å². The summed E-state index contributed by atoms with van der Waals surface area (Å²) in [6, 6.07) is 9.07. The number of benzene rings is 2. The van der Waals surface area contributed by atoms with Crippen molar-refractivity contribution in [3.63, 3.8) is 0 Å². The predicted molar refractivity (Wildman–Crippen MR) is 109 cm³/mol. The maximum Gasteiger partial charge on any atom is 0.306 e. The second-order valence-corrected chi connectivity index (χ2v) is 7.24. The Hall–Kier alpha value is -3.66. The molecule has 1 amide bonds. The molecular formula is C21H19F2N5O3. The zero-order valence-corrected chi connectivity index (χ0v) is 16.3. The van der Waals surface area contributed by atoms with Crippen molar-refractivity contribution >= 4 is 17.3 Å². The van der Waals surface area contributed by atoms with Crippen LogP contribution in [-0.2, 0) is 0 Å². The number of aromatic nitrogens is 2. The Morgan fingerprint density at radius 3 is 2.68 bits per heavy atom. The topological polar surface area (TPSA) is 102 Å². The number of hydrogen-bond acceptors (Lipinski definition) is 5. The molecule has 2 aromatic carbocycles. The monoisotopic (exact) mass is 427 g/mol. The Kier molecular flexibility index (Phi) is 5.72. The average Bonchev–Trinajstić information content (AvgIpc) is 3.21. The summed E-state index contributed by atoms with van der Waals surface area (Å²) in [4.78, 5) is 23.2. The molecule has 1 fully saturated rings. The first-order chi connectivity index (χ1) is 14.9. The van der Waals surface area contributed by atoms with Gasteiger partial charge in [0.2, 0.25) is 5.82 Å². The molecular weight excluding hydrogens is 408 g/mol. The summed E-state index contributed by atoms with van der Waals surface area (Å²) in [5.74, 6) is -1.93. The van der Waals surface area contributed by atoms with Gasteiger partial charge in [-0.2, -0.15) is 9.49 Å². The van der Waals surface area contributed by atoms with Crippen molar-refractivity contribution in [2.24, 2.45) is 0 Å². The molecule has 0 atom stereocenters. The fourth-order valence-corrected chi connectivity index (χ4v) is 3.76. The standard InChI is InChI=1S/C21H19F2N5O3/c22-14-2-1-3-16(10-14)27-20(13-6-8-24-9-7-13)17(12-25-27)21(29)26-15-4-5-18(23)19(11-15)28(30)31/h1-5,10-13,24H,6-9H2,(H,26,29). The molecule has 0 aliphatic carbocycles. The number of amides is 1. The minimum Gasteiger partial charge on any atom is -0.322 e. The van der Waals surface area contributed by atoms with Gasteiger partial charge in [0.1, 0.15) is 5.82 Å². The summed E-state index contributed by atoms with van der Waals surface area (Å²) in [6.45, 7) is 1.54. The lowest BCUT2D eigenvalue weighted by molar-refractivity contribution is -0.387. The van der Waals surface area contributed by atoms with Crippen molar-refractivity contribution in [2.75, 3.05) is 18.4 Å². The third kappa shape index (κ3) is 4.29. The van der Waals surface area contributed by atoms with E-state index in [4.69, 9.17) is 0 Å². The van der Waals surface area contributed by atoms with Crippen LogP contribution in [0.2, 0.25) is 0 Å². The first kappa shape index (κ1) is 20.6. The molecule has 2 heterocycles. The molecule has 1 saturated heterocycles. The van der Waals surface area contributed by atoms with Crippen LogP contribution < -0.4 is 10.6 Å². The number of nitro benzene ring substituents is 1. The Labute approximate surface area is 176 Å². The fraction of sp³-hybridized carbons (Fsp3) is 0.238. The number of nitrogens with one attached hydrogen (secondary N) is 2. The van der Waals surface area contributed by atoms with Gasteiger partial charge in [-0.05, 0) is 56.3 Å². The van der Waals surface area contributed by atoms with Crippen LogP contribution >= 0.6 is 0 Å². The molecule has 10 heteroatoms. The zero-order valence-electron chi connectivity index (χ0n) is 16.3. The second kappa shape index (κ2) is 8.60. The van der Waals surface area contributed by atoms with Crippen molar-refractivity contribution < 1.29 is 18.5 Å². The van der Waals surface area contributed by atoms with Crippen molar-refractivity contribution in [1.29, 1.82) is 0 Å². The van der Waals surface area contributed by atoms with Gasteiger partial charge in [-0.1, -0.05) is 6.07 Å². The summed E-state index contributed by atoms with van der Waals surface area (Å²) in [5, 5.41) is 21.2. The fourth-order valence-electron chi connectivity index (χ4n) is 3.76. The van der Waals surface area contributed by atoms with E-state index in [0.717, 1.165) is 38.1 Å². The highest BCUT2D eigenvalue weighted by Crippen LogP contribution is 2.31. The predicted octanol–water partition coefficient (Wildman–Crippen LogP) is 3.78. The molecule has 0 unspecified atom stereocenters. The van der Waals surface area contributed by atoms with Crippen LogP contribution in [0, 0.1) is 21.7 Å². The van der Waals surface area contributed by atoms with E-state index in [0.29, 0.717) is 11.4 Å². The molecule has 0 saturated carbocycles. The van der Waals surface area contributed by atoms with Crippen LogP contribution in [-0.4, -0.2) is 33.7 Å². The van der Waals surface area contributed by atoms with Gasteiger partial charge in [-0.3, -0.25) is 14.9 Å². The lowest BCUT2D eigenvalue weighted by Crippen LogP contribution is -2.29. The number of hydrogen-bond donors (Lipinski definition) is 2. The molecule has 1 aliphatic heterocycles. The van der Waals surface area contributed by atoms with Gasteiger partial charge in [-0.25, -0.2) is 9.07 Å². The highest BCUT2D eigenvalue weighted by Gasteiger charge is 2.27. The zero-order chi connectivity index (χ0) is 22.0. The number of nitrogens with zero attached hydrogens (tertiary/aromatic N) is 3. The lowest BCUT2D eigenvalue weighted by atomic mass is 9.91. The number of halogens is 2. The van der Waals surface area contributed by atoms with E-state index in [-0.39, 0.29) is 17.2 Å². The number of anilines is 1. The van der Waals surface area contributed by atoms with E-state index < -0.39 is 28.2 Å². The van der Waals surface area contributed by atoms with Crippen LogP contribution in [0.5, 0.6) is 0 Å². The number of nitro groups is 1. The van der Waals surface area contributed by atoms with Gasteiger partial charge in [-0.15, -0.1) is 0 Å². The summed E-state index contributed by atoms with van der Waals surface area (Å²) < 4.78 is 29.0. The van der Waals surface area contributed by atoms with Crippen molar-refractivity contribution in [3.8, 4) is 5.69 Å². The van der Waals surface area contributed by atoms with Crippen LogP contribution in [0.15, 0.2) is 48.7 Å². The van der Waals surface area contributed by atoms with Gasteiger partial charge in [0.05, 0.1) is 28.1 Å². The second-order valence-electron chi connectivity index (χ2n) is 7.24. The van der Waals surface area contributed by atoms with Crippen molar-refractivity contribution in [3.05, 3.63) is 81.7 Å². The molecule has 0 radical (unpaired) electrons. The summed E-state index contributed by atoms with van der Waals surface area (Å²) in [6.07, 6.45) is 2.93. The van der Waals surface area contributed by atoms with Gasteiger partial charge in [0.15, 0.2) is 0 Å². The summed E-state index contributed by atoms with van der Waals surface area (Å²) >= 11 is 0. The van der Waals surface area contributed by atoms with E-state index in [1.165, 1.54) is 24.4 Å². The maximum atomic E-state index is 13.8. The molecule has 160 valence electrons. The molecule has 1 aliphatic rings. The van der Waals surface area contributed by atoms with E-state index in [2.05, 4.69) is 15.7 Å². The maximum absolute atomic E-state index is 13.8. The molecule has 3 aromatic rings. The molecule has 0 spiro atoms. The van der Waals surface area contributed by atoms with Crippen LogP contribution in [0.3, 0.4) is 0 Å². The largest absolute Gasteiger partial charge is 0.322 e. The third-order valence-electron chi connectivity index (χ3n) is 5.23. The van der Waals surface area contributed by atoms with Crippen LogP contribution in [0.25, 0.3) is 5.69 Å². The minimum absolute atomic E-state index is 0.00956. The number of rotatable bonds is 5. The Balaban J connectivity index is 1.71. The average molecular weight is 427 g/mol. The smallest absolute Gasteiger partial charge is 0.306 e. The molecule has 31 heavy (non-hydrogen) atoms. The van der Waals surface area contributed by atoms with Gasteiger partial charge < -0.3 is 10.6 Å². The summed E-state index contributed by atoms with van der Waals surface area (Å²) in [5.41, 5.74) is 0.772. The lowest BCUT2D eigenvalue weighted by Gasteiger charge is -2.24. The molecule has 1 aromatic heterocycles. The first-order valence-electron chi connectivity index (χ1n) is 9.74. The molecule has 2 N–H and O–H groups in total. The number of carbonyl (C=O) groups is 1. The van der Waals surface area contributed by atoms with Gasteiger partial charge in [0, 0.05) is 17.7 Å². The summed E-state index contributed by atoms with van der Waals surface area (Å²) in [7, 11) is 0. The van der Waals surface area contributed by atoms with Crippen LogP contribution in [0.4, 0.5) is 20.2 Å². The van der Waals surface area contributed by atoms with Gasteiger partial charge >= 0.3 is 5.69 Å². The Morgan fingerprint density at radius 2 is 1.97 bits per heavy atom. The highest BCUT2D eigenvalue weighted by molar-refractivity contribution is 6.05. The minimum atomic E-state index is -0.989. The van der Waals surface area contributed by atoms with Gasteiger partial charge in [0.25, 0.3) is 5.91 Å². The normalized spacial score (nSPS) is 14.4. The quantitative estimate of drug-likeness (QED) is 0.477. The first-order valence-corrected chi connectivity index (χ1v) is 9.74. The van der Waals surface area contributed by atoms with Crippen molar-refractivity contribution in [1.82, 2.24) is 15.1 Å². The SMILES string of the molecule is O=C(Nc1ccc(F)c([N+](=O)[O-])c1)c1cnn(-c2cccc(F)c2)c1C1CCNCC1. The van der Waals surface area contributed by atoms with Crippen molar-refractivity contribution in [2.45, 2.75) is 18.8 Å².